The first-order chi connectivity index (χ1) is 29.0. The van der Waals surface area contributed by atoms with Crippen LogP contribution in [0.5, 0.6) is 0 Å². The second kappa shape index (κ2) is 47.0. The van der Waals surface area contributed by atoms with E-state index in [0.717, 1.165) is 122 Å². The molecule has 59 heavy (non-hydrogen) atoms. The zero-order chi connectivity index (χ0) is 43.0. The van der Waals surface area contributed by atoms with Crippen molar-refractivity contribution in [2.75, 3.05) is 13.2 Å². The van der Waals surface area contributed by atoms with Crippen LogP contribution in [0.4, 0.5) is 0 Å². The zero-order valence-corrected chi connectivity index (χ0v) is 38.0. The van der Waals surface area contributed by atoms with Gasteiger partial charge in [0.1, 0.15) is 13.2 Å². The molecule has 0 aliphatic heterocycles. The molecule has 0 aromatic rings. The van der Waals surface area contributed by atoms with Crippen LogP contribution in [-0.2, 0) is 28.6 Å². The van der Waals surface area contributed by atoms with E-state index >= 15 is 0 Å². The molecule has 6 nitrogen and oxygen atoms in total. The van der Waals surface area contributed by atoms with Gasteiger partial charge in [-0.3, -0.25) is 14.4 Å². The highest BCUT2D eigenvalue weighted by molar-refractivity contribution is 5.71. The van der Waals surface area contributed by atoms with E-state index in [1.54, 1.807) is 0 Å². The summed E-state index contributed by atoms with van der Waals surface area (Å²) >= 11 is 0. The van der Waals surface area contributed by atoms with E-state index in [2.05, 4.69) is 118 Å². The Morgan fingerprint density at radius 2 is 0.712 bits per heavy atom. The molecule has 0 aromatic carbocycles. The summed E-state index contributed by atoms with van der Waals surface area (Å²) in [5.41, 5.74) is 0. The monoisotopic (exact) mass is 819 g/mol. The fourth-order valence-electron chi connectivity index (χ4n) is 5.96. The quantitative estimate of drug-likeness (QED) is 0.0265. The first kappa shape index (κ1) is 55.3. The van der Waals surface area contributed by atoms with E-state index in [1.807, 2.05) is 0 Å². The van der Waals surface area contributed by atoms with Gasteiger partial charge in [0.05, 0.1) is 0 Å². The van der Waals surface area contributed by atoms with Gasteiger partial charge in [0.2, 0.25) is 0 Å². The Morgan fingerprint density at radius 1 is 0.356 bits per heavy atom. The summed E-state index contributed by atoms with van der Waals surface area (Å²) in [6.45, 7) is 6.33. The standard InChI is InChI=1S/C53H86O6/c1-4-7-10-13-16-19-22-24-25-26-27-29-31-34-37-40-43-46-52(55)58-49-50(48-57-51(54)45-42-39-36-33-30-21-18-15-12-9-6-3)59-53(56)47-44-41-38-35-32-28-23-20-17-14-11-8-5-2/h7,10-11,14-16,18-20,23-25,27,29,34,37,50H,4-6,8-9,12-13,17,21-22,26,28,30-33,35-36,38-49H2,1-3H3/b10-7-,14-11-,18-15-,19-16-,23-20-,25-24-,29-27-,37-34-. The Morgan fingerprint density at radius 3 is 1.19 bits per heavy atom. The molecule has 0 aliphatic carbocycles. The van der Waals surface area contributed by atoms with Crippen molar-refractivity contribution in [1.82, 2.24) is 0 Å². The van der Waals surface area contributed by atoms with Gasteiger partial charge in [-0.2, -0.15) is 0 Å². The molecule has 0 spiro atoms. The second-order valence-electron chi connectivity index (χ2n) is 15.3. The van der Waals surface area contributed by atoms with Crippen molar-refractivity contribution in [3.63, 3.8) is 0 Å². The normalized spacial score (nSPS) is 12.9. The lowest BCUT2D eigenvalue weighted by molar-refractivity contribution is -0.167. The summed E-state index contributed by atoms with van der Waals surface area (Å²) in [5, 5.41) is 0. The van der Waals surface area contributed by atoms with Crippen LogP contribution >= 0.6 is 0 Å². The van der Waals surface area contributed by atoms with Gasteiger partial charge in [-0.25, -0.2) is 0 Å². The van der Waals surface area contributed by atoms with Crippen LogP contribution in [-0.4, -0.2) is 37.2 Å². The SMILES string of the molecule is CC/C=C\C/C=C\C/C=C\C/C=C\C/C=C\CCCC(=O)OCC(COC(=O)CCCCCCC/C=C\CCCC)OC(=O)CCCCCCC/C=C\C/C=C\CCC. The molecular weight excluding hydrogens is 733 g/mol. The maximum Gasteiger partial charge on any atom is 0.306 e. The number of hydrogen-bond acceptors (Lipinski definition) is 6. The average Bonchev–Trinajstić information content (AvgIpc) is 3.23. The van der Waals surface area contributed by atoms with E-state index in [9.17, 15) is 14.4 Å². The van der Waals surface area contributed by atoms with Gasteiger partial charge in [-0.15, -0.1) is 0 Å². The molecule has 0 saturated carbocycles. The molecule has 0 amide bonds. The predicted octanol–water partition coefficient (Wildman–Crippen LogP) is 15.4. The molecular formula is C53H86O6. The third-order valence-corrected chi connectivity index (χ3v) is 9.52. The summed E-state index contributed by atoms with van der Waals surface area (Å²) in [5.74, 6) is -1.00. The first-order valence-corrected chi connectivity index (χ1v) is 23.7. The van der Waals surface area contributed by atoms with E-state index in [4.69, 9.17) is 14.2 Å². The number of carbonyl (C=O) groups is 3. The van der Waals surface area contributed by atoms with Gasteiger partial charge < -0.3 is 14.2 Å². The number of ether oxygens (including phenoxy) is 3. The smallest absolute Gasteiger partial charge is 0.306 e. The zero-order valence-electron chi connectivity index (χ0n) is 38.0. The second-order valence-corrected chi connectivity index (χ2v) is 15.3. The van der Waals surface area contributed by atoms with Crippen molar-refractivity contribution in [2.45, 2.75) is 207 Å². The predicted molar refractivity (Wildman–Crippen MR) is 251 cm³/mol. The van der Waals surface area contributed by atoms with Crippen molar-refractivity contribution >= 4 is 17.9 Å². The molecule has 1 atom stereocenters. The molecule has 0 saturated heterocycles. The van der Waals surface area contributed by atoms with Crippen molar-refractivity contribution < 1.29 is 28.6 Å². The molecule has 0 radical (unpaired) electrons. The Hall–Kier alpha value is -3.67. The number of carbonyl (C=O) groups excluding carboxylic acids is 3. The minimum absolute atomic E-state index is 0.107. The third kappa shape index (κ3) is 45.3. The van der Waals surface area contributed by atoms with Gasteiger partial charge >= 0.3 is 17.9 Å². The summed E-state index contributed by atoms with van der Waals surface area (Å²) in [7, 11) is 0. The molecule has 0 bridgehead atoms. The molecule has 0 aliphatic rings. The van der Waals surface area contributed by atoms with Gasteiger partial charge in [0, 0.05) is 19.3 Å². The van der Waals surface area contributed by atoms with Crippen molar-refractivity contribution in [3.8, 4) is 0 Å². The highest BCUT2D eigenvalue weighted by Gasteiger charge is 2.19. The van der Waals surface area contributed by atoms with Crippen molar-refractivity contribution in [2.24, 2.45) is 0 Å². The maximum atomic E-state index is 12.7. The Kier molecular flexibility index (Phi) is 44.1. The lowest BCUT2D eigenvalue weighted by Gasteiger charge is -2.18. The molecule has 0 rings (SSSR count). The third-order valence-electron chi connectivity index (χ3n) is 9.52. The minimum atomic E-state index is -0.810. The molecule has 334 valence electrons. The molecule has 0 heterocycles. The van der Waals surface area contributed by atoms with Gasteiger partial charge in [0.15, 0.2) is 6.10 Å². The topological polar surface area (TPSA) is 78.9 Å². The lowest BCUT2D eigenvalue weighted by Crippen LogP contribution is -2.30. The fourth-order valence-corrected chi connectivity index (χ4v) is 5.96. The molecule has 0 fully saturated rings. The van der Waals surface area contributed by atoms with Gasteiger partial charge in [-0.05, 0) is 103 Å². The number of allylic oxidation sites excluding steroid dienone is 16. The molecule has 1 unspecified atom stereocenters. The summed E-state index contributed by atoms with van der Waals surface area (Å²) in [4.78, 5) is 37.8. The van der Waals surface area contributed by atoms with E-state index in [-0.39, 0.29) is 37.5 Å². The molecule has 0 N–H and O–H groups in total. The minimum Gasteiger partial charge on any atom is -0.462 e. The number of esters is 3. The van der Waals surface area contributed by atoms with E-state index < -0.39 is 6.10 Å². The molecule has 0 aromatic heterocycles. The van der Waals surface area contributed by atoms with Crippen molar-refractivity contribution in [3.05, 3.63) is 97.2 Å². The lowest BCUT2D eigenvalue weighted by atomic mass is 10.1. The van der Waals surface area contributed by atoms with Crippen molar-refractivity contribution in [1.29, 1.82) is 0 Å². The van der Waals surface area contributed by atoms with Crippen LogP contribution in [0.25, 0.3) is 0 Å². The highest BCUT2D eigenvalue weighted by Crippen LogP contribution is 2.12. The Bertz CT molecular complexity index is 1220. The average molecular weight is 819 g/mol. The summed E-state index contributed by atoms with van der Waals surface area (Å²) < 4.78 is 16.7. The Labute approximate surface area is 362 Å². The van der Waals surface area contributed by atoms with Gasteiger partial charge in [-0.1, -0.05) is 176 Å². The fraction of sp³-hybridized carbons (Fsp3) is 0.642. The summed E-state index contributed by atoms with van der Waals surface area (Å²) in [6, 6.07) is 0. The molecule has 6 heteroatoms. The van der Waals surface area contributed by atoms with Crippen LogP contribution in [0.15, 0.2) is 97.2 Å². The van der Waals surface area contributed by atoms with Crippen LogP contribution < -0.4 is 0 Å². The highest BCUT2D eigenvalue weighted by atomic mass is 16.6. The maximum absolute atomic E-state index is 12.7. The largest absolute Gasteiger partial charge is 0.462 e. The van der Waals surface area contributed by atoms with Gasteiger partial charge in [0.25, 0.3) is 0 Å². The van der Waals surface area contributed by atoms with E-state index in [0.29, 0.717) is 19.3 Å². The van der Waals surface area contributed by atoms with Crippen LogP contribution in [0.2, 0.25) is 0 Å². The summed E-state index contributed by atoms with van der Waals surface area (Å²) in [6.07, 6.45) is 61.1. The number of unbranched alkanes of at least 4 members (excludes halogenated alkanes) is 14. The number of hydrogen-bond donors (Lipinski definition) is 0. The van der Waals surface area contributed by atoms with Crippen LogP contribution in [0, 0.1) is 0 Å². The first-order valence-electron chi connectivity index (χ1n) is 23.7. The van der Waals surface area contributed by atoms with E-state index in [1.165, 1.54) is 32.1 Å². The van der Waals surface area contributed by atoms with Crippen LogP contribution in [0.3, 0.4) is 0 Å². The Balaban J connectivity index is 4.51. The van der Waals surface area contributed by atoms with Crippen LogP contribution in [0.1, 0.15) is 201 Å². The number of rotatable bonds is 41.